The van der Waals surface area contributed by atoms with Crippen LogP contribution in [0, 0.1) is 11.8 Å². The standard InChI is InChI=1S/C20H28N4OS.2ClH/c1-14-6-11-24(16(12-14)13-21)19(25)15-7-9-23(10-8-15)20-22-17-4-2-3-5-18(17)26-20;;/h2-5,14-16H,6-13,21H2,1H3;2*1H. The molecule has 4 rings (SSSR count). The molecule has 2 aliphatic heterocycles. The molecule has 3 heterocycles. The number of para-hydroxylation sites is 1. The number of thiazole rings is 1. The van der Waals surface area contributed by atoms with Crippen molar-refractivity contribution in [2.75, 3.05) is 31.1 Å². The van der Waals surface area contributed by atoms with Crippen LogP contribution >= 0.6 is 36.2 Å². The van der Waals surface area contributed by atoms with E-state index in [2.05, 4.69) is 34.9 Å². The number of carbonyl (C=O) groups excluding carboxylic acids is 1. The molecule has 0 bridgehead atoms. The molecule has 156 valence electrons. The molecule has 0 radical (unpaired) electrons. The van der Waals surface area contributed by atoms with Crippen LogP contribution in [0.15, 0.2) is 24.3 Å². The number of rotatable bonds is 3. The average Bonchev–Trinajstić information content (AvgIpc) is 3.11. The molecule has 28 heavy (non-hydrogen) atoms. The topological polar surface area (TPSA) is 62.5 Å². The molecular formula is C20H30Cl2N4OS. The highest BCUT2D eigenvalue weighted by molar-refractivity contribution is 7.22. The number of nitrogens with zero attached hydrogens (tertiary/aromatic N) is 3. The Labute approximate surface area is 183 Å². The third kappa shape index (κ3) is 4.73. The Hall–Kier alpha value is -1.08. The highest BCUT2D eigenvalue weighted by Crippen LogP contribution is 2.32. The van der Waals surface area contributed by atoms with Crippen LogP contribution in [0.1, 0.15) is 32.6 Å². The maximum Gasteiger partial charge on any atom is 0.226 e. The highest BCUT2D eigenvalue weighted by atomic mass is 35.5. The summed E-state index contributed by atoms with van der Waals surface area (Å²) in [6.07, 6.45) is 3.98. The van der Waals surface area contributed by atoms with E-state index >= 15 is 0 Å². The predicted molar refractivity (Wildman–Crippen MR) is 122 cm³/mol. The van der Waals surface area contributed by atoms with E-state index in [0.29, 0.717) is 18.4 Å². The van der Waals surface area contributed by atoms with E-state index in [-0.39, 0.29) is 36.8 Å². The summed E-state index contributed by atoms with van der Waals surface area (Å²) < 4.78 is 1.23. The molecule has 2 fully saturated rings. The van der Waals surface area contributed by atoms with Gasteiger partial charge in [0, 0.05) is 38.1 Å². The third-order valence-corrected chi connectivity index (χ3v) is 7.03. The number of likely N-dealkylation sites (tertiary alicyclic amines) is 1. The van der Waals surface area contributed by atoms with Crippen molar-refractivity contribution in [1.29, 1.82) is 0 Å². The van der Waals surface area contributed by atoms with Gasteiger partial charge in [-0.05, 0) is 43.7 Å². The van der Waals surface area contributed by atoms with Gasteiger partial charge in [-0.3, -0.25) is 4.79 Å². The van der Waals surface area contributed by atoms with Crippen molar-refractivity contribution >= 4 is 57.4 Å². The van der Waals surface area contributed by atoms with Gasteiger partial charge < -0.3 is 15.5 Å². The van der Waals surface area contributed by atoms with Gasteiger partial charge in [0.1, 0.15) is 0 Å². The van der Waals surface area contributed by atoms with Crippen LogP contribution in [0.25, 0.3) is 10.2 Å². The minimum absolute atomic E-state index is 0. The second-order valence-electron chi connectivity index (χ2n) is 7.78. The largest absolute Gasteiger partial charge is 0.348 e. The molecule has 5 nitrogen and oxygen atoms in total. The lowest BCUT2D eigenvalue weighted by molar-refractivity contribution is -0.140. The van der Waals surface area contributed by atoms with Gasteiger partial charge in [0.25, 0.3) is 0 Å². The van der Waals surface area contributed by atoms with Crippen LogP contribution in [0.3, 0.4) is 0 Å². The molecule has 2 saturated heterocycles. The van der Waals surface area contributed by atoms with Crippen molar-refractivity contribution in [1.82, 2.24) is 9.88 Å². The lowest BCUT2D eigenvalue weighted by Gasteiger charge is -2.41. The van der Waals surface area contributed by atoms with Gasteiger partial charge in [0.15, 0.2) is 5.13 Å². The Balaban J connectivity index is 0.00000140. The van der Waals surface area contributed by atoms with E-state index in [1.54, 1.807) is 11.3 Å². The van der Waals surface area contributed by atoms with Crippen molar-refractivity contribution in [2.45, 2.75) is 38.6 Å². The first-order valence-corrected chi connectivity index (χ1v) is 10.6. The normalized spacial score (nSPS) is 23.2. The summed E-state index contributed by atoms with van der Waals surface area (Å²) in [7, 11) is 0. The molecule has 1 aromatic carbocycles. The van der Waals surface area contributed by atoms with Gasteiger partial charge in [-0.2, -0.15) is 0 Å². The summed E-state index contributed by atoms with van der Waals surface area (Å²) >= 11 is 1.75. The summed E-state index contributed by atoms with van der Waals surface area (Å²) in [6, 6.07) is 8.51. The number of halogens is 2. The van der Waals surface area contributed by atoms with Gasteiger partial charge in [-0.25, -0.2) is 4.98 Å². The Bertz CT molecular complexity index is 745. The Morgan fingerprint density at radius 1 is 1.18 bits per heavy atom. The zero-order valence-corrected chi connectivity index (χ0v) is 18.7. The summed E-state index contributed by atoms with van der Waals surface area (Å²) in [5, 5.41) is 1.09. The second kappa shape index (κ2) is 10.1. The molecular weight excluding hydrogens is 415 g/mol. The number of carbonyl (C=O) groups is 1. The van der Waals surface area contributed by atoms with E-state index in [1.807, 2.05) is 6.07 Å². The van der Waals surface area contributed by atoms with Gasteiger partial charge in [-0.1, -0.05) is 30.4 Å². The van der Waals surface area contributed by atoms with E-state index in [0.717, 1.165) is 56.0 Å². The Kier molecular flexibility index (Phi) is 8.37. The number of aromatic nitrogens is 1. The molecule has 2 unspecified atom stereocenters. The van der Waals surface area contributed by atoms with E-state index in [4.69, 9.17) is 10.7 Å². The van der Waals surface area contributed by atoms with Crippen molar-refractivity contribution in [3.8, 4) is 0 Å². The van der Waals surface area contributed by atoms with Crippen LogP contribution in [0.2, 0.25) is 0 Å². The van der Waals surface area contributed by atoms with Crippen LogP contribution < -0.4 is 10.6 Å². The lowest BCUT2D eigenvalue weighted by atomic mass is 9.89. The molecule has 1 aromatic heterocycles. The molecule has 0 aliphatic carbocycles. The number of piperidine rings is 2. The number of amides is 1. The number of fused-ring (bicyclic) bond motifs is 1. The van der Waals surface area contributed by atoms with Crippen molar-refractivity contribution in [2.24, 2.45) is 17.6 Å². The number of hydrogen-bond acceptors (Lipinski definition) is 5. The van der Waals surface area contributed by atoms with E-state index in [9.17, 15) is 4.79 Å². The predicted octanol–water partition coefficient (Wildman–Crippen LogP) is 3.94. The summed E-state index contributed by atoms with van der Waals surface area (Å²) in [5.74, 6) is 1.15. The molecule has 2 N–H and O–H groups in total. The van der Waals surface area contributed by atoms with Crippen molar-refractivity contribution < 1.29 is 4.79 Å². The second-order valence-corrected chi connectivity index (χ2v) is 8.79. The number of nitrogens with two attached hydrogens (primary N) is 1. The summed E-state index contributed by atoms with van der Waals surface area (Å²) in [5.41, 5.74) is 7.02. The fourth-order valence-electron chi connectivity index (χ4n) is 4.31. The van der Waals surface area contributed by atoms with Crippen LogP contribution in [-0.2, 0) is 4.79 Å². The van der Waals surface area contributed by atoms with E-state index in [1.165, 1.54) is 4.70 Å². The van der Waals surface area contributed by atoms with Crippen molar-refractivity contribution in [3.63, 3.8) is 0 Å². The maximum atomic E-state index is 13.1. The Morgan fingerprint density at radius 2 is 1.89 bits per heavy atom. The zero-order chi connectivity index (χ0) is 18.1. The van der Waals surface area contributed by atoms with Gasteiger partial charge in [0.2, 0.25) is 5.91 Å². The first-order chi connectivity index (χ1) is 12.7. The molecule has 1 amide bonds. The zero-order valence-electron chi connectivity index (χ0n) is 16.3. The monoisotopic (exact) mass is 444 g/mol. The average molecular weight is 445 g/mol. The fraction of sp³-hybridized carbons (Fsp3) is 0.600. The third-order valence-electron chi connectivity index (χ3n) is 5.93. The number of benzene rings is 1. The minimum Gasteiger partial charge on any atom is -0.348 e. The molecule has 2 aliphatic rings. The molecule has 8 heteroatoms. The number of hydrogen-bond donors (Lipinski definition) is 1. The van der Waals surface area contributed by atoms with Gasteiger partial charge in [-0.15, -0.1) is 24.8 Å². The molecule has 0 saturated carbocycles. The first kappa shape index (κ1) is 23.2. The SMILES string of the molecule is CC1CCN(C(=O)C2CCN(c3nc4ccccc4s3)CC2)C(CN)C1.Cl.Cl. The van der Waals surface area contributed by atoms with Gasteiger partial charge >= 0.3 is 0 Å². The van der Waals surface area contributed by atoms with Crippen LogP contribution in [0.4, 0.5) is 5.13 Å². The Morgan fingerprint density at radius 3 is 2.57 bits per heavy atom. The van der Waals surface area contributed by atoms with Gasteiger partial charge in [0.05, 0.1) is 10.2 Å². The molecule has 0 spiro atoms. The van der Waals surface area contributed by atoms with Crippen molar-refractivity contribution in [3.05, 3.63) is 24.3 Å². The highest BCUT2D eigenvalue weighted by Gasteiger charge is 2.34. The fourth-order valence-corrected chi connectivity index (χ4v) is 5.33. The quantitative estimate of drug-likeness (QED) is 0.778. The lowest BCUT2D eigenvalue weighted by Crippen LogP contribution is -2.52. The smallest absolute Gasteiger partial charge is 0.226 e. The van der Waals surface area contributed by atoms with Crippen LogP contribution in [0.5, 0.6) is 0 Å². The van der Waals surface area contributed by atoms with E-state index < -0.39 is 0 Å². The van der Waals surface area contributed by atoms with Crippen LogP contribution in [-0.4, -0.2) is 48.0 Å². The first-order valence-electron chi connectivity index (χ1n) is 9.76. The minimum atomic E-state index is 0. The maximum absolute atomic E-state index is 13.1. The molecule has 2 atom stereocenters. The molecule has 2 aromatic rings. The summed E-state index contributed by atoms with van der Waals surface area (Å²) in [4.78, 5) is 22.2. The number of anilines is 1. The summed E-state index contributed by atoms with van der Waals surface area (Å²) in [6.45, 7) is 5.54.